The number of esters is 1. The van der Waals surface area contributed by atoms with Crippen molar-refractivity contribution in [1.82, 2.24) is 15.3 Å². The fraction of sp³-hybridized carbons (Fsp3) is 0.300. The normalized spacial score (nSPS) is 10.3. The van der Waals surface area contributed by atoms with Gasteiger partial charge in [-0.15, -0.1) is 0 Å². The molecule has 0 aliphatic heterocycles. The summed E-state index contributed by atoms with van der Waals surface area (Å²) in [6.07, 6.45) is 6.21. The van der Waals surface area contributed by atoms with E-state index in [1.165, 1.54) is 19.4 Å². The molecule has 5 heteroatoms. The molecule has 0 unspecified atom stereocenters. The number of carbonyl (C=O) groups is 1. The van der Waals surface area contributed by atoms with E-state index >= 15 is 0 Å². The third-order valence-electron chi connectivity index (χ3n) is 1.66. The van der Waals surface area contributed by atoms with E-state index in [4.69, 9.17) is 0 Å². The molecule has 5 nitrogen and oxygen atoms in total. The highest BCUT2D eigenvalue weighted by molar-refractivity contribution is 5.81. The summed E-state index contributed by atoms with van der Waals surface area (Å²) in [7, 11) is 1.33. The molecule has 0 saturated carbocycles. The van der Waals surface area contributed by atoms with Crippen molar-refractivity contribution in [3.8, 4) is 0 Å². The van der Waals surface area contributed by atoms with Crippen molar-refractivity contribution in [1.29, 1.82) is 0 Å². The molecule has 0 aromatic carbocycles. The topological polar surface area (TPSA) is 64.1 Å². The molecule has 1 N–H and O–H groups in total. The van der Waals surface area contributed by atoms with Gasteiger partial charge in [0.2, 0.25) is 0 Å². The molecule has 0 radical (unpaired) electrons. The van der Waals surface area contributed by atoms with Crippen molar-refractivity contribution in [2.45, 2.75) is 13.5 Å². The predicted octanol–water partition coefficient (Wildman–Crippen LogP) is 0.561. The van der Waals surface area contributed by atoms with E-state index in [2.05, 4.69) is 20.0 Å². The first-order valence-corrected chi connectivity index (χ1v) is 4.48. The van der Waals surface area contributed by atoms with Crippen LogP contribution in [0, 0.1) is 6.92 Å². The van der Waals surface area contributed by atoms with Crippen LogP contribution in [-0.4, -0.2) is 23.0 Å². The lowest BCUT2D eigenvalue weighted by Gasteiger charge is -1.99. The first-order chi connectivity index (χ1) is 7.22. The van der Waals surface area contributed by atoms with Crippen molar-refractivity contribution in [3.63, 3.8) is 0 Å². The van der Waals surface area contributed by atoms with E-state index in [1.54, 1.807) is 12.4 Å². The summed E-state index contributed by atoms with van der Waals surface area (Å²) in [6.45, 7) is 2.40. The summed E-state index contributed by atoms with van der Waals surface area (Å²) in [5, 5.41) is 2.90. The summed E-state index contributed by atoms with van der Waals surface area (Å²) in [4.78, 5) is 18.9. The van der Waals surface area contributed by atoms with E-state index in [0.29, 0.717) is 6.54 Å². The van der Waals surface area contributed by atoms with Gasteiger partial charge in [-0.25, -0.2) is 4.79 Å². The van der Waals surface area contributed by atoms with Crippen LogP contribution in [0.15, 0.2) is 24.7 Å². The summed E-state index contributed by atoms with van der Waals surface area (Å²) in [5.74, 6) is -0.391. The van der Waals surface area contributed by atoms with Crippen LogP contribution < -0.4 is 5.32 Å². The van der Waals surface area contributed by atoms with Gasteiger partial charge in [-0.3, -0.25) is 9.97 Å². The van der Waals surface area contributed by atoms with Crippen LogP contribution in [0.2, 0.25) is 0 Å². The first kappa shape index (κ1) is 11.2. The van der Waals surface area contributed by atoms with Gasteiger partial charge in [0.05, 0.1) is 31.2 Å². The number of ether oxygens (including phenoxy) is 1. The molecule has 1 rings (SSSR count). The molecule has 0 atom stereocenters. The Bertz CT molecular complexity index is 346. The lowest BCUT2D eigenvalue weighted by atomic mass is 10.4. The minimum absolute atomic E-state index is 0.391. The Labute approximate surface area is 88.2 Å². The van der Waals surface area contributed by atoms with Gasteiger partial charge >= 0.3 is 5.97 Å². The quantitative estimate of drug-likeness (QED) is 0.577. The minimum Gasteiger partial charge on any atom is -0.466 e. The molecule has 0 aliphatic carbocycles. The average Bonchev–Trinajstić information content (AvgIpc) is 2.26. The second-order valence-electron chi connectivity index (χ2n) is 2.89. The Morgan fingerprint density at radius 2 is 2.33 bits per heavy atom. The number of carbonyl (C=O) groups excluding carboxylic acids is 1. The SMILES string of the molecule is COC(=O)/C=C/NCc1cnc(C)cn1. The molecule has 1 aromatic heterocycles. The zero-order valence-electron chi connectivity index (χ0n) is 8.73. The van der Waals surface area contributed by atoms with Gasteiger partial charge in [0, 0.05) is 18.5 Å². The molecule has 15 heavy (non-hydrogen) atoms. The standard InChI is InChI=1S/C10H13N3O2/c1-8-5-13-9(7-12-8)6-11-4-3-10(14)15-2/h3-5,7,11H,6H2,1-2H3/b4-3+. The fourth-order valence-electron chi connectivity index (χ4n) is 0.869. The monoisotopic (exact) mass is 207 g/mol. The van der Waals surface area contributed by atoms with E-state index in [-0.39, 0.29) is 0 Å². The van der Waals surface area contributed by atoms with Crippen LogP contribution in [-0.2, 0) is 16.1 Å². The van der Waals surface area contributed by atoms with Crippen LogP contribution in [0.3, 0.4) is 0 Å². The molecule has 1 aromatic rings. The number of rotatable bonds is 4. The van der Waals surface area contributed by atoms with E-state index < -0.39 is 5.97 Å². The molecule has 0 bridgehead atoms. The molecule has 0 amide bonds. The van der Waals surface area contributed by atoms with Crippen LogP contribution in [0.4, 0.5) is 0 Å². The maximum Gasteiger partial charge on any atom is 0.331 e. The summed E-state index contributed by atoms with van der Waals surface area (Å²) in [6, 6.07) is 0. The minimum atomic E-state index is -0.391. The van der Waals surface area contributed by atoms with Crippen molar-refractivity contribution >= 4 is 5.97 Å². The zero-order chi connectivity index (χ0) is 11.1. The number of methoxy groups -OCH3 is 1. The molecular formula is C10H13N3O2. The lowest BCUT2D eigenvalue weighted by molar-refractivity contribution is -0.134. The van der Waals surface area contributed by atoms with Crippen LogP contribution >= 0.6 is 0 Å². The van der Waals surface area contributed by atoms with Crippen molar-refractivity contribution in [2.24, 2.45) is 0 Å². The molecule has 80 valence electrons. The summed E-state index contributed by atoms with van der Waals surface area (Å²) in [5.41, 5.74) is 1.69. The van der Waals surface area contributed by atoms with Gasteiger partial charge < -0.3 is 10.1 Å². The van der Waals surface area contributed by atoms with E-state index in [1.807, 2.05) is 6.92 Å². The molecule has 0 aliphatic rings. The van der Waals surface area contributed by atoms with Gasteiger partial charge in [-0.05, 0) is 6.92 Å². The van der Waals surface area contributed by atoms with Gasteiger partial charge in [-0.2, -0.15) is 0 Å². The first-order valence-electron chi connectivity index (χ1n) is 4.48. The van der Waals surface area contributed by atoms with Crippen LogP contribution in [0.1, 0.15) is 11.4 Å². The summed E-state index contributed by atoms with van der Waals surface area (Å²) < 4.78 is 4.42. The molecule has 0 saturated heterocycles. The Hall–Kier alpha value is -1.91. The Morgan fingerprint density at radius 1 is 1.53 bits per heavy atom. The van der Waals surface area contributed by atoms with Gasteiger partial charge in [0.1, 0.15) is 0 Å². The largest absolute Gasteiger partial charge is 0.466 e. The fourth-order valence-corrected chi connectivity index (χ4v) is 0.869. The smallest absolute Gasteiger partial charge is 0.331 e. The second-order valence-corrected chi connectivity index (χ2v) is 2.89. The van der Waals surface area contributed by atoms with Crippen molar-refractivity contribution in [2.75, 3.05) is 7.11 Å². The average molecular weight is 207 g/mol. The number of aryl methyl sites for hydroxylation is 1. The lowest BCUT2D eigenvalue weighted by Crippen LogP contribution is -2.08. The number of nitrogens with zero attached hydrogens (tertiary/aromatic N) is 2. The van der Waals surface area contributed by atoms with Crippen LogP contribution in [0.25, 0.3) is 0 Å². The predicted molar refractivity (Wildman–Crippen MR) is 54.8 cm³/mol. The molecule has 0 fully saturated rings. The van der Waals surface area contributed by atoms with Gasteiger partial charge in [0.25, 0.3) is 0 Å². The van der Waals surface area contributed by atoms with Crippen LogP contribution in [0.5, 0.6) is 0 Å². The van der Waals surface area contributed by atoms with E-state index in [0.717, 1.165) is 11.4 Å². The molecular weight excluding hydrogens is 194 g/mol. The maximum atomic E-state index is 10.7. The highest BCUT2D eigenvalue weighted by Gasteiger charge is 1.93. The second kappa shape index (κ2) is 5.74. The zero-order valence-corrected chi connectivity index (χ0v) is 8.73. The Kier molecular flexibility index (Phi) is 4.28. The highest BCUT2D eigenvalue weighted by Crippen LogP contribution is 1.92. The third-order valence-corrected chi connectivity index (χ3v) is 1.66. The van der Waals surface area contributed by atoms with E-state index in [9.17, 15) is 4.79 Å². The number of nitrogens with one attached hydrogen (secondary N) is 1. The molecule has 1 heterocycles. The maximum absolute atomic E-state index is 10.7. The Balaban J connectivity index is 2.35. The van der Waals surface area contributed by atoms with Gasteiger partial charge in [0.15, 0.2) is 0 Å². The highest BCUT2D eigenvalue weighted by atomic mass is 16.5. The van der Waals surface area contributed by atoms with Gasteiger partial charge in [-0.1, -0.05) is 0 Å². The summed E-state index contributed by atoms with van der Waals surface area (Å²) >= 11 is 0. The van der Waals surface area contributed by atoms with Crippen molar-refractivity contribution < 1.29 is 9.53 Å². The third kappa shape index (κ3) is 4.21. The molecule has 0 spiro atoms. The number of hydrogen-bond donors (Lipinski definition) is 1. The number of aromatic nitrogens is 2. The number of hydrogen-bond acceptors (Lipinski definition) is 5. The Morgan fingerprint density at radius 3 is 2.93 bits per heavy atom. The van der Waals surface area contributed by atoms with Crippen molar-refractivity contribution in [3.05, 3.63) is 36.1 Å².